The van der Waals surface area contributed by atoms with E-state index >= 15 is 0 Å². The van der Waals surface area contributed by atoms with Crippen molar-refractivity contribution in [1.29, 1.82) is 0 Å². The molecule has 3 aromatic rings. The summed E-state index contributed by atoms with van der Waals surface area (Å²) in [5, 5.41) is 0. The van der Waals surface area contributed by atoms with Gasteiger partial charge < -0.3 is 14.5 Å². The molecule has 6 heteroatoms. The number of nitrogens with one attached hydrogen (secondary N) is 1. The van der Waals surface area contributed by atoms with E-state index in [9.17, 15) is 0 Å². The quantitative estimate of drug-likeness (QED) is 0.799. The second-order valence-electron chi connectivity index (χ2n) is 5.65. The summed E-state index contributed by atoms with van der Waals surface area (Å²) < 4.78 is 2.17. The predicted molar refractivity (Wildman–Crippen MR) is 81.1 cm³/mol. The highest BCUT2D eigenvalue weighted by Crippen LogP contribution is 2.27. The number of aromatic nitrogens is 5. The minimum absolute atomic E-state index is 0.632. The van der Waals surface area contributed by atoms with E-state index in [1.165, 1.54) is 12.8 Å². The van der Waals surface area contributed by atoms with Crippen molar-refractivity contribution in [3.63, 3.8) is 0 Å². The van der Waals surface area contributed by atoms with Gasteiger partial charge in [-0.3, -0.25) is 0 Å². The van der Waals surface area contributed by atoms with Crippen LogP contribution in [0.2, 0.25) is 0 Å². The molecule has 1 N–H and O–H groups in total. The van der Waals surface area contributed by atoms with Crippen LogP contribution >= 0.6 is 0 Å². The van der Waals surface area contributed by atoms with Gasteiger partial charge in [-0.1, -0.05) is 0 Å². The molecule has 1 atom stereocenters. The van der Waals surface area contributed by atoms with Crippen LogP contribution < -0.4 is 4.90 Å². The molecule has 1 unspecified atom stereocenters. The Morgan fingerprint density at radius 1 is 1.33 bits per heavy atom. The normalized spacial score (nSPS) is 19.2. The monoisotopic (exact) mass is 282 g/mol. The molecule has 0 radical (unpaired) electrons. The summed E-state index contributed by atoms with van der Waals surface area (Å²) in [4.78, 5) is 18.6. The molecule has 3 aromatic heterocycles. The van der Waals surface area contributed by atoms with Crippen LogP contribution in [0.1, 0.15) is 12.8 Å². The van der Waals surface area contributed by atoms with Gasteiger partial charge in [-0.05, 0) is 24.8 Å². The Bertz CT molecular complexity index is 717. The van der Waals surface area contributed by atoms with Gasteiger partial charge in [-0.2, -0.15) is 0 Å². The van der Waals surface area contributed by atoms with Crippen LogP contribution in [0.25, 0.3) is 11.0 Å². The number of rotatable bonds is 3. The van der Waals surface area contributed by atoms with Gasteiger partial charge in [0, 0.05) is 38.2 Å². The van der Waals surface area contributed by atoms with E-state index < -0.39 is 0 Å². The van der Waals surface area contributed by atoms with E-state index in [0.29, 0.717) is 5.92 Å². The highest BCUT2D eigenvalue weighted by Gasteiger charge is 2.23. The first-order valence-electron chi connectivity index (χ1n) is 7.39. The first-order valence-corrected chi connectivity index (χ1v) is 7.39. The molecule has 0 saturated carbocycles. The van der Waals surface area contributed by atoms with Gasteiger partial charge in [-0.15, -0.1) is 0 Å². The lowest BCUT2D eigenvalue weighted by Crippen LogP contribution is -2.37. The molecule has 4 rings (SSSR count). The summed E-state index contributed by atoms with van der Waals surface area (Å²) in [6.45, 7) is 3.12. The van der Waals surface area contributed by atoms with E-state index in [4.69, 9.17) is 0 Å². The number of hydrogen-bond donors (Lipinski definition) is 1. The molecule has 6 nitrogen and oxygen atoms in total. The summed E-state index contributed by atoms with van der Waals surface area (Å²) >= 11 is 0. The van der Waals surface area contributed by atoms with E-state index in [2.05, 4.69) is 29.4 Å². The Morgan fingerprint density at radius 2 is 2.33 bits per heavy atom. The van der Waals surface area contributed by atoms with E-state index in [1.54, 1.807) is 6.33 Å². The van der Waals surface area contributed by atoms with Gasteiger partial charge in [0.2, 0.25) is 0 Å². The molecule has 21 heavy (non-hydrogen) atoms. The second-order valence-corrected chi connectivity index (χ2v) is 5.65. The number of nitrogens with zero attached hydrogens (tertiary/aromatic N) is 5. The first-order chi connectivity index (χ1) is 10.4. The number of hydrogen-bond acceptors (Lipinski definition) is 4. The number of aromatic amines is 1. The Hall–Kier alpha value is -2.37. The van der Waals surface area contributed by atoms with Crippen molar-refractivity contribution in [2.24, 2.45) is 5.92 Å². The second kappa shape index (κ2) is 5.20. The average molecular weight is 282 g/mol. The zero-order valence-corrected chi connectivity index (χ0v) is 11.8. The summed E-state index contributed by atoms with van der Waals surface area (Å²) in [7, 11) is 0. The van der Waals surface area contributed by atoms with Crippen molar-refractivity contribution < 1.29 is 0 Å². The fourth-order valence-corrected chi connectivity index (χ4v) is 3.20. The highest BCUT2D eigenvalue weighted by molar-refractivity contribution is 5.85. The maximum Gasteiger partial charge on any atom is 0.156 e. The molecular weight excluding hydrogens is 264 g/mol. The summed E-state index contributed by atoms with van der Waals surface area (Å²) in [5.41, 5.74) is 2.03. The smallest absolute Gasteiger partial charge is 0.156 e. The standard InChI is InChI=1S/C15H18N6/c1-2-12(8-20-7-5-16-11-20)9-21(6-1)15-14-13(3-4-17-14)18-10-19-15/h3-5,7,10-12,17H,1-2,6,8-9H2. The average Bonchev–Trinajstić information content (AvgIpc) is 3.18. The maximum atomic E-state index is 4.50. The van der Waals surface area contributed by atoms with Gasteiger partial charge in [0.25, 0.3) is 0 Å². The third-order valence-electron chi connectivity index (χ3n) is 4.17. The third kappa shape index (κ3) is 2.37. The van der Waals surface area contributed by atoms with Crippen molar-refractivity contribution in [2.45, 2.75) is 19.4 Å². The van der Waals surface area contributed by atoms with Crippen molar-refractivity contribution in [3.8, 4) is 0 Å². The van der Waals surface area contributed by atoms with Gasteiger partial charge in [-0.25, -0.2) is 15.0 Å². The number of fused-ring (bicyclic) bond motifs is 1. The summed E-state index contributed by atoms with van der Waals surface area (Å²) in [6, 6.07) is 1.99. The minimum atomic E-state index is 0.632. The zero-order valence-electron chi connectivity index (χ0n) is 11.8. The number of piperidine rings is 1. The van der Waals surface area contributed by atoms with E-state index in [1.807, 2.05) is 31.0 Å². The number of anilines is 1. The minimum Gasteiger partial charge on any atom is -0.357 e. The lowest BCUT2D eigenvalue weighted by Gasteiger charge is -2.33. The first kappa shape index (κ1) is 12.4. The van der Waals surface area contributed by atoms with E-state index in [0.717, 1.165) is 36.5 Å². The third-order valence-corrected chi connectivity index (χ3v) is 4.17. The number of imidazole rings is 1. The van der Waals surface area contributed by atoms with Crippen molar-refractivity contribution in [3.05, 3.63) is 37.3 Å². The Labute approximate surface area is 122 Å². The van der Waals surface area contributed by atoms with Gasteiger partial charge in [0.15, 0.2) is 5.82 Å². The van der Waals surface area contributed by atoms with E-state index in [-0.39, 0.29) is 0 Å². The molecule has 0 amide bonds. The SMILES string of the molecule is c1cn(CC2CCCN(c3ncnc4cc[nH]c34)C2)cn1. The summed E-state index contributed by atoms with van der Waals surface area (Å²) in [6.07, 6.45) is 11.8. The van der Waals surface area contributed by atoms with Crippen LogP contribution in [0.4, 0.5) is 5.82 Å². The molecule has 1 fully saturated rings. The molecule has 0 aliphatic carbocycles. The van der Waals surface area contributed by atoms with Crippen molar-refractivity contribution in [1.82, 2.24) is 24.5 Å². The number of H-pyrrole nitrogens is 1. The largest absolute Gasteiger partial charge is 0.357 e. The molecule has 1 aliphatic heterocycles. The lowest BCUT2D eigenvalue weighted by molar-refractivity contribution is 0.365. The van der Waals surface area contributed by atoms with Gasteiger partial charge in [0.1, 0.15) is 11.8 Å². The molecule has 4 heterocycles. The Morgan fingerprint density at radius 3 is 3.24 bits per heavy atom. The molecule has 108 valence electrons. The highest BCUT2D eigenvalue weighted by atomic mass is 15.2. The van der Waals surface area contributed by atoms with Crippen LogP contribution in [-0.2, 0) is 6.54 Å². The van der Waals surface area contributed by atoms with Crippen molar-refractivity contribution >= 4 is 16.9 Å². The predicted octanol–water partition coefficient (Wildman–Crippen LogP) is 2.07. The topological polar surface area (TPSA) is 62.6 Å². The van der Waals surface area contributed by atoms with Crippen LogP contribution in [0.5, 0.6) is 0 Å². The Balaban J connectivity index is 1.56. The molecule has 0 aromatic carbocycles. The van der Waals surface area contributed by atoms with Crippen LogP contribution in [0.15, 0.2) is 37.3 Å². The molecular formula is C15H18N6. The van der Waals surface area contributed by atoms with Crippen LogP contribution in [-0.4, -0.2) is 37.6 Å². The van der Waals surface area contributed by atoms with Crippen LogP contribution in [0, 0.1) is 5.92 Å². The fourth-order valence-electron chi connectivity index (χ4n) is 3.20. The Kier molecular flexibility index (Phi) is 3.06. The molecule has 0 spiro atoms. The maximum absolute atomic E-state index is 4.50. The molecule has 1 saturated heterocycles. The summed E-state index contributed by atoms with van der Waals surface area (Å²) in [5.74, 6) is 1.66. The zero-order chi connectivity index (χ0) is 14.1. The lowest BCUT2D eigenvalue weighted by atomic mass is 9.98. The molecule has 0 bridgehead atoms. The van der Waals surface area contributed by atoms with Gasteiger partial charge in [0.05, 0.1) is 11.8 Å². The van der Waals surface area contributed by atoms with Crippen molar-refractivity contribution in [2.75, 3.05) is 18.0 Å². The fraction of sp³-hybridized carbons (Fsp3) is 0.400. The molecule has 1 aliphatic rings. The van der Waals surface area contributed by atoms with Gasteiger partial charge >= 0.3 is 0 Å². The van der Waals surface area contributed by atoms with Crippen LogP contribution in [0.3, 0.4) is 0 Å².